The molecule has 0 aliphatic heterocycles. The molecule has 23 heavy (non-hydrogen) atoms. The van der Waals surface area contributed by atoms with Gasteiger partial charge in [-0.2, -0.15) is 0 Å². The van der Waals surface area contributed by atoms with Crippen LogP contribution in [-0.2, 0) is 11.2 Å². The summed E-state index contributed by atoms with van der Waals surface area (Å²) >= 11 is 0. The first-order valence-electron chi connectivity index (χ1n) is 7.47. The average Bonchev–Trinajstić information content (AvgIpc) is 2.54. The number of carbonyl (C=O) groups is 1. The van der Waals surface area contributed by atoms with Gasteiger partial charge in [0.25, 0.3) is 0 Å². The smallest absolute Gasteiger partial charge is 0.311 e. The molecule has 1 unspecified atom stereocenters. The highest BCUT2D eigenvalue weighted by molar-refractivity contribution is 5.77. The Balaban J connectivity index is 2.41. The van der Waals surface area contributed by atoms with E-state index in [1.165, 1.54) is 0 Å². The summed E-state index contributed by atoms with van der Waals surface area (Å²) in [5.74, 6) is -0.126. The largest absolute Gasteiger partial charge is 0.497 e. The van der Waals surface area contributed by atoms with Crippen molar-refractivity contribution in [3.05, 3.63) is 58.7 Å². The number of rotatable bonds is 6. The van der Waals surface area contributed by atoms with Gasteiger partial charge in [-0.3, -0.25) is 4.79 Å². The summed E-state index contributed by atoms with van der Waals surface area (Å²) in [5, 5.41) is 9.70. The molecular formula is C19H22O4. The zero-order chi connectivity index (χ0) is 17.0. The minimum absolute atomic E-state index is 0.368. The van der Waals surface area contributed by atoms with Gasteiger partial charge in [0.05, 0.1) is 20.1 Å². The summed E-state index contributed by atoms with van der Waals surface area (Å²) in [6.07, 6.45) is 0.368. The summed E-state index contributed by atoms with van der Waals surface area (Å²) in [6.45, 7) is 3.91. The quantitative estimate of drug-likeness (QED) is 0.882. The SMILES string of the molecule is COc1ccc(CC(C(=O)O)c2cc(C)ccc2C)c(OC)c1. The maximum atomic E-state index is 11.8. The van der Waals surface area contributed by atoms with Gasteiger partial charge in [-0.1, -0.05) is 29.8 Å². The third-order valence-corrected chi connectivity index (χ3v) is 4.03. The minimum Gasteiger partial charge on any atom is -0.497 e. The van der Waals surface area contributed by atoms with Crippen LogP contribution in [0.2, 0.25) is 0 Å². The number of aryl methyl sites for hydroxylation is 2. The van der Waals surface area contributed by atoms with Crippen molar-refractivity contribution in [2.75, 3.05) is 14.2 Å². The van der Waals surface area contributed by atoms with Crippen LogP contribution in [0, 0.1) is 13.8 Å². The minimum atomic E-state index is -0.837. The van der Waals surface area contributed by atoms with Gasteiger partial charge in [0.15, 0.2) is 0 Å². The molecule has 0 aliphatic carbocycles. The number of benzene rings is 2. The molecule has 2 aromatic carbocycles. The molecule has 0 saturated carbocycles. The Hall–Kier alpha value is -2.49. The molecule has 4 heteroatoms. The third kappa shape index (κ3) is 3.83. The maximum absolute atomic E-state index is 11.8. The van der Waals surface area contributed by atoms with E-state index in [9.17, 15) is 9.90 Å². The number of ether oxygens (including phenoxy) is 2. The van der Waals surface area contributed by atoms with Gasteiger partial charge in [-0.15, -0.1) is 0 Å². The number of methoxy groups -OCH3 is 2. The monoisotopic (exact) mass is 314 g/mol. The normalized spacial score (nSPS) is 11.8. The first kappa shape index (κ1) is 16.9. The molecule has 0 radical (unpaired) electrons. The van der Waals surface area contributed by atoms with Crippen LogP contribution in [0.4, 0.5) is 0 Å². The molecule has 0 heterocycles. The summed E-state index contributed by atoms with van der Waals surface area (Å²) in [4.78, 5) is 11.8. The van der Waals surface area contributed by atoms with Gasteiger partial charge in [0.2, 0.25) is 0 Å². The van der Waals surface area contributed by atoms with E-state index >= 15 is 0 Å². The lowest BCUT2D eigenvalue weighted by atomic mass is 9.88. The van der Waals surface area contributed by atoms with Gasteiger partial charge in [0, 0.05) is 6.07 Å². The van der Waals surface area contributed by atoms with E-state index in [1.54, 1.807) is 20.3 Å². The lowest BCUT2D eigenvalue weighted by molar-refractivity contribution is -0.138. The summed E-state index contributed by atoms with van der Waals surface area (Å²) < 4.78 is 10.6. The predicted molar refractivity (Wildman–Crippen MR) is 89.5 cm³/mol. The van der Waals surface area contributed by atoms with Crippen molar-refractivity contribution in [3.8, 4) is 11.5 Å². The molecule has 0 fully saturated rings. The van der Waals surface area contributed by atoms with Crippen molar-refractivity contribution < 1.29 is 19.4 Å². The van der Waals surface area contributed by atoms with E-state index in [2.05, 4.69) is 0 Å². The molecule has 0 aromatic heterocycles. The van der Waals surface area contributed by atoms with Crippen LogP contribution < -0.4 is 9.47 Å². The van der Waals surface area contributed by atoms with Crippen LogP contribution in [0.5, 0.6) is 11.5 Å². The van der Waals surface area contributed by atoms with Crippen LogP contribution in [0.3, 0.4) is 0 Å². The molecule has 0 bridgehead atoms. The Kier molecular flexibility index (Phi) is 5.27. The number of carboxylic acid groups (broad SMARTS) is 1. The van der Waals surface area contributed by atoms with E-state index < -0.39 is 11.9 Å². The Morgan fingerprint density at radius 3 is 2.43 bits per heavy atom. The fourth-order valence-corrected chi connectivity index (χ4v) is 2.71. The molecule has 4 nitrogen and oxygen atoms in total. The van der Waals surface area contributed by atoms with Crippen LogP contribution >= 0.6 is 0 Å². The van der Waals surface area contributed by atoms with Crippen molar-refractivity contribution in [2.24, 2.45) is 0 Å². The van der Waals surface area contributed by atoms with Crippen molar-refractivity contribution in [1.29, 1.82) is 0 Å². The molecule has 0 aliphatic rings. The lowest BCUT2D eigenvalue weighted by Gasteiger charge is -2.18. The van der Waals surface area contributed by atoms with Gasteiger partial charge >= 0.3 is 5.97 Å². The van der Waals surface area contributed by atoms with Gasteiger partial charge in [0.1, 0.15) is 11.5 Å². The molecular weight excluding hydrogens is 292 g/mol. The highest BCUT2D eigenvalue weighted by Crippen LogP contribution is 2.31. The van der Waals surface area contributed by atoms with Crippen molar-refractivity contribution in [1.82, 2.24) is 0 Å². The lowest BCUT2D eigenvalue weighted by Crippen LogP contribution is -2.16. The van der Waals surface area contributed by atoms with Crippen molar-refractivity contribution >= 4 is 5.97 Å². The topological polar surface area (TPSA) is 55.8 Å². The highest BCUT2D eigenvalue weighted by Gasteiger charge is 2.24. The van der Waals surface area contributed by atoms with Crippen molar-refractivity contribution in [2.45, 2.75) is 26.2 Å². The molecule has 0 spiro atoms. The fraction of sp³-hybridized carbons (Fsp3) is 0.316. The van der Waals surface area contributed by atoms with Gasteiger partial charge in [-0.05, 0) is 43.0 Å². The van der Waals surface area contributed by atoms with E-state index in [0.29, 0.717) is 17.9 Å². The molecule has 0 saturated heterocycles. The van der Waals surface area contributed by atoms with Gasteiger partial charge < -0.3 is 14.6 Å². The van der Waals surface area contributed by atoms with Crippen LogP contribution in [0.1, 0.15) is 28.2 Å². The number of hydrogen-bond donors (Lipinski definition) is 1. The molecule has 122 valence electrons. The number of aliphatic carboxylic acids is 1. The Bertz CT molecular complexity index is 707. The molecule has 2 aromatic rings. The Morgan fingerprint density at radius 2 is 1.83 bits per heavy atom. The summed E-state index contributed by atoms with van der Waals surface area (Å²) in [7, 11) is 3.16. The standard InChI is InChI=1S/C19H22O4/c1-12-5-6-13(2)16(9-12)17(19(20)21)10-14-7-8-15(22-3)11-18(14)23-4/h5-9,11,17H,10H2,1-4H3,(H,20,21). The van der Waals surface area contributed by atoms with E-state index in [0.717, 1.165) is 22.3 Å². The summed E-state index contributed by atoms with van der Waals surface area (Å²) in [6, 6.07) is 11.4. The molecule has 1 atom stereocenters. The van der Waals surface area contributed by atoms with E-state index in [4.69, 9.17) is 9.47 Å². The number of carboxylic acids is 1. The molecule has 2 rings (SSSR count). The second kappa shape index (κ2) is 7.18. The maximum Gasteiger partial charge on any atom is 0.311 e. The zero-order valence-electron chi connectivity index (χ0n) is 13.9. The average molecular weight is 314 g/mol. The second-order valence-corrected chi connectivity index (χ2v) is 5.63. The van der Waals surface area contributed by atoms with Crippen LogP contribution in [-0.4, -0.2) is 25.3 Å². The zero-order valence-corrected chi connectivity index (χ0v) is 13.9. The number of hydrogen-bond acceptors (Lipinski definition) is 3. The predicted octanol–water partition coefficient (Wildman–Crippen LogP) is 3.73. The first-order chi connectivity index (χ1) is 11.0. The Morgan fingerprint density at radius 1 is 1.09 bits per heavy atom. The van der Waals surface area contributed by atoms with Crippen molar-refractivity contribution in [3.63, 3.8) is 0 Å². The van der Waals surface area contributed by atoms with E-state index in [1.807, 2.05) is 44.2 Å². The first-order valence-corrected chi connectivity index (χ1v) is 7.47. The Labute approximate surface area is 136 Å². The third-order valence-electron chi connectivity index (χ3n) is 4.03. The highest BCUT2D eigenvalue weighted by atomic mass is 16.5. The second-order valence-electron chi connectivity index (χ2n) is 5.63. The molecule has 1 N–H and O–H groups in total. The fourth-order valence-electron chi connectivity index (χ4n) is 2.71. The van der Waals surface area contributed by atoms with Crippen LogP contribution in [0.15, 0.2) is 36.4 Å². The van der Waals surface area contributed by atoms with Gasteiger partial charge in [-0.25, -0.2) is 0 Å². The van der Waals surface area contributed by atoms with E-state index in [-0.39, 0.29) is 0 Å². The molecule has 0 amide bonds. The van der Waals surface area contributed by atoms with Crippen LogP contribution in [0.25, 0.3) is 0 Å². The summed E-state index contributed by atoms with van der Waals surface area (Å²) in [5.41, 5.74) is 3.73.